The summed E-state index contributed by atoms with van der Waals surface area (Å²) in [5, 5.41) is 3.43. The van der Waals surface area contributed by atoms with Crippen LogP contribution >= 0.6 is 0 Å². The van der Waals surface area contributed by atoms with Crippen LogP contribution in [0.4, 0.5) is 0 Å². The number of terminal acetylenes is 8. The van der Waals surface area contributed by atoms with E-state index in [9.17, 15) is 0 Å². The minimum Gasteiger partial charge on any atom is -0.477 e. The molecule has 298 valence electrons. The summed E-state index contributed by atoms with van der Waals surface area (Å²) >= 11 is 0. The molecule has 2 heterocycles. The fourth-order valence-electron chi connectivity index (χ4n) is 7.80. The van der Waals surface area contributed by atoms with E-state index in [0.717, 1.165) is 54.7 Å². The monoisotopic (exact) mass is 808 g/mol. The van der Waals surface area contributed by atoms with Gasteiger partial charge in [0, 0.05) is 32.7 Å². The van der Waals surface area contributed by atoms with E-state index >= 15 is 0 Å². The fourth-order valence-corrected chi connectivity index (χ4v) is 7.80. The topological polar surface area (TPSA) is 65.2 Å². The van der Waals surface area contributed by atoms with Crippen LogP contribution in [0.1, 0.15) is 0 Å². The van der Waals surface area contributed by atoms with Gasteiger partial charge in [0.2, 0.25) is 11.5 Å². The van der Waals surface area contributed by atoms with Crippen molar-refractivity contribution < 1.29 is 28.4 Å². The van der Waals surface area contributed by atoms with Crippen molar-refractivity contribution in [1.29, 1.82) is 0 Å². The van der Waals surface area contributed by atoms with Gasteiger partial charge in [-0.1, -0.05) is 83.8 Å². The van der Waals surface area contributed by atoms with Crippen molar-refractivity contribution in [3.63, 3.8) is 0 Å². The quantitative estimate of drug-likeness (QED) is 0.0913. The normalized spacial score (nSPS) is 10.3. The maximum atomic E-state index is 6.20. The molecule has 62 heavy (non-hydrogen) atoms. The second-order valence-corrected chi connectivity index (χ2v) is 13.4. The Hall–Kier alpha value is -9.02. The third kappa shape index (κ3) is 7.42. The van der Waals surface area contributed by atoms with Crippen LogP contribution in [-0.4, -0.2) is 48.8 Å². The van der Waals surface area contributed by atoms with Crippen LogP contribution in [0.2, 0.25) is 0 Å². The standard InChI is InChI=1S/C54H36N2O6/c1-9-25-55-41-23-19-17-21-39(41)49-48(38-35-45(59-29-13-5)54(62-32-16-8)46(36-38)60-30-14-6)52-50(40-22-18-20-24-42(40)56(52)26-10-2)47(51(49)55)37-33-43(57-27-11-3)53(61-31-15-7)44(34-37)58-28-12-4/h1-8,17-24,33-36H,25-32H2. The highest BCUT2D eigenvalue weighted by molar-refractivity contribution is 6.32. The van der Waals surface area contributed by atoms with Crippen LogP contribution in [0.15, 0.2) is 72.8 Å². The zero-order valence-corrected chi connectivity index (χ0v) is 33.5. The van der Waals surface area contributed by atoms with Crippen LogP contribution in [-0.2, 0) is 13.1 Å². The largest absolute Gasteiger partial charge is 0.477 e. The molecule has 0 N–H and O–H groups in total. The average molecular weight is 809 g/mol. The first-order valence-electron chi connectivity index (χ1n) is 19.1. The number of ether oxygens (including phenoxy) is 6. The van der Waals surface area contributed by atoms with Gasteiger partial charge in [-0.2, -0.15) is 0 Å². The van der Waals surface area contributed by atoms with E-state index in [0.29, 0.717) is 11.1 Å². The first kappa shape index (κ1) is 41.2. The molecular formula is C54H36N2O6. The predicted molar refractivity (Wildman–Crippen MR) is 247 cm³/mol. The molecule has 0 atom stereocenters. The molecule has 0 saturated carbocycles. The summed E-state index contributed by atoms with van der Waals surface area (Å²) in [6, 6.07) is 23.4. The Morgan fingerprint density at radius 2 is 0.694 bits per heavy atom. The van der Waals surface area contributed by atoms with Crippen LogP contribution in [0.3, 0.4) is 0 Å². The molecule has 0 radical (unpaired) electrons. The molecule has 0 amide bonds. The number of aromatic nitrogens is 2. The van der Waals surface area contributed by atoms with E-state index in [4.69, 9.17) is 79.8 Å². The lowest BCUT2D eigenvalue weighted by molar-refractivity contribution is 0.286. The van der Waals surface area contributed by atoms with Gasteiger partial charge < -0.3 is 37.6 Å². The maximum absolute atomic E-state index is 6.20. The average Bonchev–Trinajstić information content (AvgIpc) is 3.79. The SMILES string of the molecule is C#CCOc1cc(-c2c3c4ccccc4n(CC#C)c3c(-c3cc(OCC#C)c(OCC#C)c(OCC#C)c3)c3c4ccccc4n(CC#C)c23)cc(OCC#C)c1OCC#C. The number of hydrogen-bond donors (Lipinski definition) is 0. The molecular weight excluding hydrogens is 773 g/mol. The third-order valence-corrected chi connectivity index (χ3v) is 9.88. The zero-order valence-electron chi connectivity index (χ0n) is 33.5. The molecule has 0 aliphatic rings. The van der Waals surface area contributed by atoms with E-state index in [1.165, 1.54) is 0 Å². The molecule has 7 rings (SSSR count). The number of benzene rings is 5. The molecule has 5 aromatic carbocycles. The second kappa shape index (κ2) is 18.7. The van der Waals surface area contributed by atoms with E-state index < -0.39 is 0 Å². The highest BCUT2D eigenvalue weighted by atomic mass is 16.5. The van der Waals surface area contributed by atoms with Gasteiger partial charge in [0.15, 0.2) is 23.0 Å². The highest BCUT2D eigenvalue weighted by Crippen LogP contribution is 2.54. The van der Waals surface area contributed by atoms with Crippen molar-refractivity contribution in [2.24, 2.45) is 0 Å². The zero-order chi connectivity index (χ0) is 43.6. The van der Waals surface area contributed by atoms with E-state index in [2.05, 4.69) is 56.5 Å². The minimum absolute atomic E-state index is 0.0794. The van der Waals surface area contributed by atoms with Crippen molar-refractivity contribution >= 4 is 43.6 Å². The summed E-state index contributed by atoms with van der Waals surface area (Å²) in [4.78, 5) is 0. The Labute approximate surface area is 361 Å². The highest BCUT2D eigenvalue weighted by Gasteiger charge is 2.30. The van der Waals surface area contributed by atoms with Gasteiger partial charge >= 0.3 is 0 Å². The number of fused-ring (bicyclic) bond motifs is 6. The van der Waals surface area contributed by atoms with Crippen molar-refractivity contribution in [3.05, 3.63) is 72.8 Å². The van der Waals surface area contributed by atoms with Crippen molar-refractivity contribution in [2.45, 2.75) is 13.1 Å². The van der Waals surface area contributed by atoms with E-state index in [-0.39, 0.29) is 87.2 Å². The van der Waals surface area contributed by atoms with E-state index in [1.807, 2.05) is 72.8 Å². The molecule has 0 unspecified atom stereocenters. The Morgan fingerprint density at radius 3 is 1.00 bits per heavy atom. The second-order valence-electron chi connectivity index (χ2n) is 13.4. The Bertz CT molecular complexity index is 2950. The summed E-state index contributed by atoms with van der Waals surface area (Å²) in [5.41, 5.74) is 6.18. The molecule has 0 fully saturated rings. The predicted octanol–water partition coefficient (Wildman–Crippen LogP) is 8.57. The van der Waals surface area contributed by atoms with Gasteiger partial charge in [-0.3, -0.25) is 0 Å². The molecule has 0 aliphatic heterocycles. The van der Waals surface area contributed by atoms with Crippen LogP contribution in [0, 0.1) is 98.8 Å². The minimum atomic E-state index is -0.0811. The molecule has 0 spiro atoms. The summed E-state index contributed by atoms with van der Waals surface area (Å²) in [7, 11) is 0. The van der Waals surface area contributed by atoms with Gasteiger partial charge in [0.1, 0.15) is 39.6 Å². The number of nitrogens with zero attached hydrogens (tertiary/aromatic N) is 2. The Balaban J connectivity index is 1.79. The first-order valence-corrected chi connectivity index (χ1v) is 19.1. The smallest absolute Gasteiger partial charge is 0.204 e. The molecule has 0 bridgehead atoms. The van der Waals surface area contributed by atoms with Crippen molar-refractivity contribution in [1.82, 2.24) is 9.13 Å². The number of rotatable bonds is 16. The van der Waals surface area contributed by atoms with Gasteiger partial charge in [-0.25, -0.2) is 0 Å². The number of hydrogen-bond acceptors (Lipinski definition) is 6. The van der Waals surface area contributed by atoms with Crippen molar-refractivity contribution in [3.8, 4) is 156 Å². The molecule has 7 aromatic rings. The van der Waals surface area contributed by atoms with Crippen LogP contribution < -0.4 is 28.4 Å². The molecule has 0 saturated heterocycles. The van der Waals surface area contributed by atoms with Gasteiger partial charge in [-0.15, -0.1) is 51.4 Å². The van der Waals surface area contributed by atoms with Gasteiger partial charge in [0.05, 0.1) is 35.2 Å². The molecule has 0 aliphatic carbocycles. The maximum Gasteiger partial charge on any atom is 0.204 e. The summed E-state index contributed by atoms with van der Waals surface area (Å²) in [6.45, 7) is -0.0920. The lowest BCUT2D eigenvalue weighted by Crippen LogP contribution is -2.06. The fraction of sp³-hybridized carbons (Fsp3) is 0.148. The summed E-state index contributed by atoms with van der Waals surface area (Å²) in [5.74, 6) is 22.6. The Morgan fingerprint density at radius 1 is 0.387 bits per heavy atom. The van der Waals surface area contributed by atoms with Gasteiger partial charge in [0.25, 0.3) is 0 Å². The lowest BCUT2D eigenvalue weighted by Gasteiger charge is -2.21. The summed E-state index contributed by atoms with van der Waals surface area (Å²) in [6.07, 6.45) is 46.5. The molecule has 8 nitrogen and oxygen atoms in total. The van der Waals surface area contributed by atoms with Crippen LogP contribution in [0.25, 0.3) is 65.9 Å². The summed E-state index contributed by atoms with van der Waals surface area (Å²) < 4.78 is 41.0. The van der Waals surface area contributed by atoms with Gasteiger partial charge in [-0.05, 0) is 47.5 Å². The first-order chi connectivity index (χ1) is 30.5. The Kier molecular flexibility index (Phi) is 12.4. The van der Waals surface area contributed by atoms with E-state index in [1.54, 1.807) is 0 Å². The van der Waals surface area contributed by atoms with Crippen molar-refractivity contribution in [2.75, 3.05) is 39.6 Å². The molecule has 8 heteroatoms. The van der Waals surface area contributed by atoms with Crippen LogP contribution in [0.5, 0.6) is 34.5 Å². The molecule has 2 aromatic heterocycles. The number of para-hydroxylation sites is 2. The third-order valence-electron chi connectivity index (χ3n) is 9.88. The lowest BCUT2D eigenvalue weighted by atomic mass is 9.89.